The Morgan fingerprint density at radius 3 is 1.40 bits per heavy atom. The van der Waals surface area contributed by atoms with Crippen LogP contribution in [-0.4, -0.2) is 62.3 Å². The van der Waals surface area contributed by atoms with Crippen LogP contribution in [0.15, 0.2) is 0 Å². The molecule has 180 valence electrons. The number of hydrogen-bond donors (Lipinski definition) is 0. The van der Waals surface area contributed by atoms with Gasteiger partial charge in [0.05, 0.1) is 7.11 Å². The molecule has 0 radical (unpaired) electrons. The Labute approximate surface area is 153 Å². The molecule has 0 saturated heterocycles. The van der Waals surface area contributed by atoms with E-state index in [2.05, 4.69) is 9.47 Å². The van der Waals surface area contributed by atoms with Gasteiger partial charge in [-0.25, -0.2) is 14.3 Å². The van der Waals surface area contributed by atoms with Gasteiger partial charge in [0.25, 0.3) is 0 Å². The summed E-state index contributed by atoms with van der Waals surface area (Å²) in [5.74, 6) is -15.7. The molecule has 0 saturated carbocycles. The highest BCUT2D eigenvalue weighted by atomic mass is 19.4. The Morgan fingerprint density at radius 1 is 0.633 bits per heavy atom. The lowest BCUT2D eigenvalue weighted by Gasteiger charge is -2.36. The molecule has 0 N–H and O–H groups in total. The molecule has 20 heteroatoms. The van der Waals surface area contributed by atoms with Crippen molar-refractivity contribution in [3.05, 3.63) is 0 Å². The van der Waals surface area contributed by atoms with E-state index < -0.39 is 55.2 Å². The van der Waals surface area contributed by atoms with Gasteiger partial charge in [-0.15, -0.1) is 0 Å². The number of carbonyl (C=O) groups excluding carboxylic acids is 1. The number of ether oxygens (including phenoxy) is 4. The van der Waals surface area contributed by atoms with Crippen molar-refractivity contribution in [3.63, 3.8) is 0 Å². The van der Waals surface area contributed by atoms with Crippen molar-refractivity contribution in [2.45, 2.75) is 42.5 Å². The number of alkyl halides is 15. The van der Waals surface area contributed by atoms with E-state index in [9.17, 15) is 70.7 Å². The monoisotopic (exact) mass is 490 g/mol. The maximum absolute atomic E-state index is 13.0. The first-order chi connectivity index (χ1) is 12.9. The predicted octanol–water partition coefficient (Wildman–Crippen LogP) is 5.01. The summed E-state index contributed by atoms with van der Waals surface area (Å²) in [4.78, 5) is 10.4. The number of carbonyl (C=O) groups is 1. The molecule has 0 heterocycles. The smallest absolute Gasteiger partial charge is 0.438 e. The average Bonchev–Trinajstić information content (AvgIpc) is 2.48. The van der Waals surface area contributed by atoms with Crippen molar-refractivity contribution in [1.29, 1.82) is 0 Å². The molecule has 0 unspecified atom stereocenters. The highest BCUT2D eigenvalue weighted by Crippen LogP contribution is 2.55. The van der Waals surface area contributed by atoms with Gasteiger partial charge >= 0.3 is 48.6 Å². The first-order valence-electron chi connectivity index (χ1n) is 6.31. The molecule has 0 amide bonds. The van der Waals surface area contributed by atoms with Crippen LogP contribution < -0.4 is 0 Å². The Kier molecular flexibility index (Phi) is 7.51. The molecule has 0 aliphatic rings. The third kappa shape index (κ3) is 5.64. The van der Waals surface area contributed by atoms with E-state index in [-0.39, 0.29) is 0 Å². The summed E-state index contributed by atoms with van der Waals surface area (Å²) in [6, 6.07) is 0. The van der Waals surface area contributed by atoms with Crippen LogP contribution >= 0.6 is 0 Å². The number of halogens is 15. The van der Waals surface area contributed by atoms with Crippen molar-refractivity contribution >= 4 is 6.16 Å². The molecule has 0 aliphatic heterocycles. The summed E-state index contributed by atoms with van der Waals surface area (Å²) in [6.45, 7) is -2.66. The van der Waals surface area contributed by atoms with E-state index >= 15 is 0 Å². The summed E-state index contributed by atoms with van der Waals surface area (Å²) >= 11 is 0. The Balaban J connectivity index is 5.73. The Bertz CT molecular complexity index is 613. The van der Waals surface area contributed by atoms with Crippen molar-refractivity contribution in [2.24, 2.45) is 0 Å². The van der Waals surface area contributed by atoms with E-state index in [0.29, 0.717) is 7.11 Å². The van der Waals surface area contributed by atoms with Gasteiger partial charge in [-0.1, -0.05) is 0 Å². The maximum Gasteiger partial charge on any atom is 0.508 e. The molecule has 0 aromatic carbocycles. The normalized spacial score (nSPS) is 15.2. The zero-order valence-electron chi connectivity index (χ0n) is 13.4. The minimum absolute atomic E-state index is 0.483. The average molecular weight is 490 g/mol. The summed E-state index contributed by atoms with van der Waals surface area (Å²) in [5.41, 5.74) is 0. The summed E-state index contributed by atoms with van der Waals surface area (Å²) in [5, 5.41) is 0. The summed E-state index contributed by atoms with van der Waals surface area (Å²) < 4.78 is 200. The van der Waals surface area contributed by atoms with Crippen LogP contribution in [0.3, 0.4) is 0 Å². The van der Waals surface area contributed by atoms with Crippen LogP contribution in [-0.2, 0) is 18.9 Å². The highest BCUT2D eigenvalue weighted by molar-refractivity contribution is 5.59. The van der Waals surface area contributed by atoms with Gasteiger partial charge in [-0.3, -0.25) is 0 Å². The van der Waals surface area contributed by atoms with Gasteiger partial charge in [-0.05, 0) is 0 Å². The third-order valence-electron chi connectivity index (χ3n) is 2.51. The van der Waals surface area contributed by atoms with E-state index in [0.717, 1.165) is 0 Å². The predicted molar refractivity (Wildman–Crippen MR) is 56.3 cm³/mol. The largest absolute Gasteiger partial charge is 0.508 e. The van der Waals surface area contributed by atoms with Crippen LogP contribution in [0, 0.1) is 0 Å². The number of hydrogen-bond acceptors (Lipinski definition) is 5. The van der Waals surface area contributed by atoms with E-state index in [1.165, 1.54) is 4.74 Å². The zero-order valence-corrected chi connectivity index (χ0v) is 13.4. The molecule has 0 aromatic heterocycles. The van der Waals surface area contributed by atoms with E-state index in [1.54, 1.807) is 0 Å². The van der Waals surface area contributed by atoms with E-state index in [1.807, 2.05) is 4.74 Å². The lowest BCUT2D eigenvalue weighted by Crippen LogP contribution is -2.64. The highest BCUT2D eigenvalue weighted by Gasteiger charge is 2.85. The Morgan fingerprint density at radius 2 is 1.03 bits per heavy atom. The Hall–Kier alpha value is -1.86. The molecule has 5 nitrogen and oxygen atoms in total. The molecule has 0 bridgehead atoms. The molecule has 0 fully saturated rings. The van der Waals surface area contributed by atoms with Gasteiger partial charge in [-0.2, -0.15) is 65.9 Å². The number of methoxy groups -OCH3 is 1. The fourth-order valence-corrected chi connectivity index (χ4v) is 1.12. The van der Waals surface area contributed by atoms with Crippen LogP contribution in [0.2, 0.25) is 0 Å². The zero-order chi connectivity index (χ0) is 24.6. The van der Waals surface area contributed by atoms with Crippen molar-refractivity contribution < 1.29 is 89.6 Å². The van der Waals surface area contributed by atoms with Crippen LogP contribution in [0.25, 0.3) is 0 Å². The third-order valence-corrected chi connectivity index (χ3v) is 2.51. The quantitative estimate of drug-likeness (QED) is 0.336. The maximum atomic E-state index is 13.0. The molecular formula is C10H5F15O5. The molecule has 0 atom stereocenters. The van der Waals surface area contributed by atoms with Gasteiger partial charge in [0.1, 0.15) is 0 Å². The van der Waals surface area contributed by atoms with Crippen LogP contribution in [0.5, 0.6) is 0 Å². The molecule has 0 rings (SSSR count). The fourth-order valence-electron chi connectivity index (χ4n) is 1.12. The molecular weight excluding hydrogens is 485 g/mol. The number of rotatable bonds is 9. The summed E-state index contributed by atoms with van der Waals surface area (Å²) in [7, 11) is 0.483. The topological polar surface area (TPSA) is 54.0 Å². The van der Waals surface area contributed by atoms with E-state index in [4.69, 9.17) is 0 Å². The lowest BCUT2D eigenvalue weighted by atomic mass is 10.1. The van der Waals surface area contributed by atoms with Crippen molar-refractivity contribution in [3.8, 4) is 0 Å². The molecule has 0 aromatic rings. The van der Waals surface area contributed by atoms with Crippen LogP contribution in [0.1, 0.15) is 0 Å². The summed E-state index contributed by atoms with van der Waals surface area (Å²) in [6.07, 6.45) is -37.4. The van der Waals surface area contributed by atoms with Crippen molar-refractivity contribution in [2.75, 3.05) is 13.7 Å². The minimum atomic E-state index is -7.94. The second-order valence-corrected chi connectivity index (χ2v) is 4.78. The van der Waals surface area contributed by atoms with Gasteiger partial charge in [0.2, 0.25) is 0 Å². The van der Waals surface area contributed by atoms with Crippen LogP contribution in [0.4, 0.5) is 70.7 Å². The van der Waals surface area contributed by atoms with Gasteiger partial charge in [0, 0.05) is 0 Å². The molecule has 0 spiro atoms. The first kappa shape index (κ1) is 28.1. The fraction of sp³-hybridized carbons (Fsp3) is 0.900. The van der Waals surface area contributed by atoms with Crippen molar-refractivity contribution in [1.82, 2.24) is 0 Å². The lowest BCUT2D eigenvalue weighted by molar-refractivity contribution is -0.542. The molecule has 0 aliphatic carbocycles. The standard InChI is InChI=1S/C10H5F15O5/c1-27-3(26)28-2-4(11,12)29-9(22,23)10(24,25)30-8(20,21)6(15,16)5(13,14)7(17,18)19/h2H2,1H3. The first-order valence-corrected chi connectivity index (χ1v) is 6.31. The second-order valence-electron chi connectivity index (χ2n) is 4.78. The van der Waals surface area contributed by atoms with Gasteiger partial charge < -0.3 is 9.47 Å². The SMILES string of the molecule is COC(=O)OCC(F)(F)OC(F)(F)C(F)(F)OC(F)(F)C(F)(F)C(F)(F)C(F)(F)F. The molecule has 30 heavy (non-hydrogen) atoms. The minimum Gasteiger partial charge on any atom is -0.438 e. The van der Waals surface area contributed by atoms with Gasteiger partial charge in [0.15, 0.2) is 6.61 Å². The second kappa shape index (κ2) is 8.00.